The summed E-state index contributed by atoms with van der Waals surface area (Å²) in [6, 6.07) is 12.1. The molecule has 1 heterocycles. The molecule has 0 aliphatic carbocycles. The Labute approximate surface area is 113 Å². The first-order chi connectivity index (χ1) is 8.56. The van der Waals surface area contributed by atoms with E-state index in [1.165, 1.54) is 5.56 Å². The Bertz CT molecular complexity index is 530. The van der Waals surface area contributed by atoms with E-state index in [9.17, 15) is 0 Å². The molecule has 18 heavy (non-hydrogen) atoms. The molecule has 2 aromatic rings. The highest BCUT2D eigenvalue weighted by molar-refractivity contribution is 6.29. The number of benzene rings is 1. The Kier molecular flexibility index (Phi) is 3.87. The van der Waals surface area contributed by atoms with Crippen molar-refractivity contribution in [2.24, 2.45) is 0 Å². The minimum Gasteiger partial charge on any atom is -0.340 e. The second kappa shape index (κ2) is 5.40. The lowest BCUT2D eigenvalue weighted by molar-refractivity contribution is 0.869. The summed E-state index contributed by atoms with van der Waals surface area (Å²) in [6.07, 6.45) is 0. The third-order valence-corrected chi connectivity index (χ3v) is 2.98. The summed E-state index contributed by atoms with van der Waals surface area (Å²) >= 11 is 5.97. The van der Waals surface area contributed by atoms with Crippen LogP contribution in [0.25, 0.3) is 0 Å². The van der Waals surface area contributed by atoms with Crippen molar-refractivity contribution in [1.82, 2.24) is 4.98 Å². The molecule has 0 aliphatic rings. The van der Waals surface area contributed by atoms with E-state index >= 15 is 0 Å². The first kappa shape index (κ1) is 12.9. The normalized spacial score (nSPS) is 10.7. The standard InChI is InChI=1S/C15H17ClN2/c1-10(2)12-6-4-5-7-13(12)17-15-9-11(3)8-14(16)18-15/h4-10H,1-3H3,(H,17,18). The Morgan fingerprint density at radius 3 is 2.56 bits per heavy atom. The van der Waals surface area contributed by atoms with Crippen LogP contribution >= 0.6 is 11.6 Å². The molecular formula is C15H17ClN2. The molecule has 2 nitrogen and oxygen atoms in total. The molecule has 0 amide bonds. The third kappa shape index (κ3) is 3.02. The quantitative estimate of drug-likeness (QED) is 0.793. The number of rotatable bonds is 3. The van der Waals surface area contributed by atoms with Gasteiger partial charge in [-0.2, -0.15) is 0 Å². The number of aryl methyl sites for hydroxylation is 1. The van der Waals surface area contributed by atoms with Gasteiger partial charge in [-0.25, -0.2) is 4.98 Å². The summed E-state index contributed by atoms with van der Waals surface area (Å²) in [5.74, 6) is 1.25. The third-order valence-electron chi connectivity index (χ3n) is 2.78. The molecule has 1 aromatic heterocycles. The van der Waals surface area contributed by atoms with Gasteiger partial charge in [-0.15, -0.1) is 0 Å². The van der Waals surface area contributed by atoms with Gasteiger partial charge in [0.2, 0.25) is 0 Å². The summed E-state index contributed by atoms with van der Waals surface area (Å²) in [5.41, 5.74) is 3.46. The van der Waals surface area contributed by atoms with E-state index in [1.807, 2.05) is 25.1 Å². The number of anilines is 2. The van der Waals surface area contributed by atoms with Crippen molar-refractivity contribution in [2.45, 2.75) is 26.7 Å². The van der Waals surface area contributed by atoms with Gasteiger partial charge >= 0.3 is 0 Å². The summed E-state index contributed by atoms with van der Waals surface area (Å²) in [7, 11) is 0. The lowest BCUT2D eigenvalue weighted by Crippen LogP contribution is -1.99. The van der Waals surface area contributed by atoms with Crippen LogP contribution in [0.4, 0.5) is 11.5 Å². The van der Waals surface area contributed by atoms with Gasteiger partial charge in [0.1, 0.15) is 11.0 Å². The summed E-state index contributed by atoms with van der Waals surface area (Å²) in [5, 5.41) is 3.85. The molecule has 0 bridgehead atoms. The van der Waals surface area contributed by atoms with Crippen molar-refractivity contribution in [3.63, 3.8) is 0 Å². The summed E-state index contributed by atoms with van der Waals surface area (Å²) < 4.78 is 0. The van der Waals surface area contributed by atoms with Gasteiger partial charge in [-0.3, -0.25) is 0 Å². The van der Waals surface area contributed by atoms with Crippen LogP contribution in [0.15, 0.2) is 36.4 Å². The number of nitrogens with one attached hydrogen (secondary N) is 1. The van der Waals surface area contributed by atoms with Gasteiger partial charge in [-0.05, 0) is 42.2 Å². The second-order valence-corrected chi connectivity index (χ2v) is 5.11. The second-order valence-electron chi connectivity index (χ2n) is 4.72. The lowest BCUT2D eigenvalue weighted by Gasteiger charge is -2.14. The molecule has 2 rings (SSSR count). The number of aromatic nitrogens is 1. The highest BCUT2D eigenvalue weighted by Gasteiger charge is 2.07. The highest BCUT2D eigenvalue weighted by Crippen LogP contribution is 2.27. The molecule has 0 spiro atoms. The minimum atomic E-state index is 0.467. The average Bonchev–Trinajstić information content (AvgIpc) is 2.27. The van der Waals surface area contributed by atoms with Gasteiger partial charge in [0, 0.05) is 5.69 Å². The summed E-state index contributed by atoms with van der Waals surface area (Å²) in [4.78, 5) is 4.28. The number of pyridine rings is 1. The van der Waals surface area contributed by atoms with Gasteiger partial charge in [-0.1, -0.05) is 43.6 Å². The smallest absolute Gasteiger partial charge is 0.132 e. The average molecular weight is 261 g/mol. The monoisotopic (exact) mass is 260 g/mol. The van der Waals surface area contributed by atoms with Crippen molar-refractivity contribution in [3.8, 4) is 0 Å². The van der Waals surface area contributed by atoms with Crippen LogP contribution in [0.2, 0.25) is 5.15 Å². The molecule has 3 heteroatoms. The van der Waals surface area contributed by atoms with E-state index in [4.69, 9.17) is 11.6 Å². The molecule has 0 saturated heterocycles. The minimum absolute atomic E-state index is 0.467. The van der Waals surface area contributed by atoms with E-state index in [0.717, 1.165) is 17.1 Å². The van der Waals surface area contributed by atoms with Crippen LogP contribution < -0.4 is 5.32 Å². The molecule has 0 radical (unpaired) electrons. The fourth-order valence-corrected chi connectivity index (χ4v) is 2.20. The van der Waals surface area contributed by atoms with E-state index < -0.39 is 0 Å². The van der Waals surface area contributed by atoms with Crippen molar-refractivity contribution >= 4 is 23.1 Å². The number of hydrogen-bond donors (Lipinski definition) is 1. The maximum absolute atomic E-state index is 5.97. The van der Waals surface area contributed by atoms with Crippen molar-refractivity contribution < 1.29 is 0 Å². The van der Waals surface area contributed by atoms with Crippen LogP contribution in [0.1, 0.15) is 30.9 Å². The summed E-state index contributed by atoms with van der Waals surface area (Å²) in [6.45, 7) is 6.36. The van der Waals surface area contributed by atoms with Crippen LogP contribution in [0.5, 0.6) is 0 Å². The number of halogens is 1. The largest absolute Gasteiger partial charge is 0.340 e. The van der Waals surface area contributed by atoms with E-state index in [2.05, 4.69) is 42.3 Å². The van der Waals surface area contributed by atoms with Gasteiger partial charge in [0.15, 0.2) is 0 Å². The highest BCUT2D eigenvalue weighted by atomic mass is 35.5. The van der Waals surface area contributed by atoms with Crippen LogP contribution in [0.3, 0.4) is 0 Å². The molecular weight excluding hydrogens is 244 g/mol. The van der Waals surface area contributed by atoms with Crippen LogP contribution in [-0.2, 0) is 0 Å². The zero-order chi connectivity index (χ0) is 13.1. The Morgan fingerprint density at radius 1 is 1.17 bits per heavy atom. The molecule has 0 aliphatic heterocycles. The van der Waals surface area contributed by atoms with Crippen molar-refractivity contribution in [2.75, 3.05) is 5.32 Å². The van der Waals surface area contributed by atoms with E-state index in [0.29, 0.717) is 11.1 Å². The first-order valence-electron chi connectivity index (χ1n) is 6.06. The molecule has 0 fully saturated rings. The Hall–Kier alpha value is -1.54. The van der Waals surface area contributed by atoms with E-state index in [-0.39, 0.29) is 0 Å². The molecule has 94 valence electrons. The number of nitrogens with zero attached hydrogens (tertiary/aromatic N) is 1. The van der Waals surface area contributed by atoms with Crippen molar-refractivity contribution in [1.29, 1.82) is 0 Å². The zero-order valence-corrected chi connectivity index (χ0v) is 11.6. The fraction of sp³-hybridized carbons (Fsp3) is 0.267. The maximum Gasteiger partial charge on any atom is 0.132 e. The molecule has 1 N–H and O–H groups in total. The topological polar surface area (TPSA) is 24.9 Å². The van der Waals surface area contributed by atoms with E-state index in [1.54, 1.807) is 0 Å². The molecule has 0 unspecified atom stereocenters. The van der Waals surface area contributed by atoms with Crippen molar-refractivity contribution in [3.05, 3.63) is 52.7 Å². The van der Waals surface area contributed by atoms with Gasteiger partial charge in [0.05, 0.1) is 0 Å². The molecule has 0 saturated carbocycles. The number of hydrogen-bond acceptors (Lipinski definition) is 2. The Morgan fingerprint density at radius 2 is 1.89 bits per heavy atom. The van der Waals surface area contributed by atoms with Crippen LogP contribution in [0, 0.1) is 6.92 Å². The Balaban J connectivity index is 2.34. The molecule has 1 aromatic carbocycles. The predicted molar refractivity (Wildman–Crippen MR) is 77.8 cm³/mol. The predicted octanol–water partition coefficient (Wildman–Crippen LogP) is 4.91. The van der Waals surface area contributed by atoms with Crippen LogP contribution in [-0.4, -0.2) is 4.98 Å². The van der Waals surface area contributed by atoms with Gasteiger partial charge < -0.3 is 5.32 Å². The SMILES string of the molecule is Cc1cc(Cl)nc(Nc2ccccc2C(C)C)c1. The van der Waals surface area contributed by atoms with Gasteiger partial charge in [0.25, 0.3) is 0 Å². The fourth-order valence-electron chi connectivity index (χ4n) is 1.94. The maximum atomic E-state index is 5.97. The molecule has 0 atom stereocenters. The zero-order valence-electron chi connectivity index (χ0n) is 10.9. The first-order valence-corrected chi connectivity index (χ1v) is 6.44. The lowest BCUT2D eigenvalue weighted by atomic mass is 10.0. The number of para-hydroxylation sites is 1.